The molecule has 0 spiro atoms. The molecule has 3 aromatic rings. The first-order valence-corrected chi connectivity index (χ1v) is 8.44. The van der Waals surface area contributed by atoms with Crippen LogP contribution in [0.5, 0.6) is 0 Å². The molecule has 0 aliphatic heterocycles. The minimum Gasteiger partial charge on any atom is -0.350 e. The van der Waals surface area contributed by atoms with Gasteiger partial charge in [0.1, 0.15) is 18.1 Å². The molecule has 7 nitrogen and oxygen atoms in total. The second-order valence-corrected chi connectivity index (χ2v) is 6.37. The van der Waals surface area contributed by atoms with E-state index in [-0.39, 0.29) is 18.2 Å². The number of rotatable bonds is 5. The molecule has 0 unspecified atom stereocenters. The number of aryl methyl sites for hydroxylation is 2. The van der Waals surface area contributed by atoms with Crippen LogP contribution in [-0.4, -0.2) is 40.4 Å². The molecular weight excluding hydrogens is 344 g/mol. The molecular formula is C20H20N4O3. The van der Waals surface area contributed by atoms with Crippen molar-refractivity contribution in [2.75, 3.05) is 18.9 Å². The highest BCUT2D eigenvalue weighted by molar-refractivity contribution is 5.98. The van der Waals surface area contributed by atoms with Crippen LogP contribution in [0.3, 0.4) is 0 Å². The number of nitrogens with zero attached hydrogens (tertiary/aromatic N) is 3. The van der Waals surface area contributed by atoms with E-state index in [9.17, 15) is 9.59 Å². The third-order valence-corrected chi connectivity index (χ3v) is 3.98. The van der Waals surface area contributed by atoms with Gasteiger partial charge in [-0.1, -0.05) is 35.0 Å². The highest BCUT2D eigenvalue weighted by atomic mass is 16.5. The zero-order valence-corrected chi connectivity index (χ0v) is 15.4. The Morgan fingerprint density at radius 1 is 1.07 bits per heavy atom. The van der Waals surface area contributed by atoms with E-state index in [0.717, 1.165) is 16.7 Å². The summed E-state index contributed by atoms with van der Waals surface area (Å²) in [6, 6.07) is 12.9. The molecule has 0 fully saturated rings. The molecule has 0 saturated carbocycles. The van der Waals surface area contributed by atoms with Gasteiger partial charge >= 0.3 is 0 Å². The molecule has 2 heterocycles. The third-order valence-electron chi connectivity index (χ3n) is 3.98. The van der Waals surface area contributed by atoms with Gasteiger partial charge < -0.3 is 14.7 Å². The van der Waals surface area contributed by atoms with Gasteiger partial charge in [0.2, 0.25) is 11.7 Å². The fourth-order valence-corrected chi connectivity index (χ4v) is 2.50. The number of amides is 2. The Labute approximate surface area is 157 Å². The lowest BCUT2D eigenvalue weighted by atomic mass is 10.1. The van der Waals surface area contributed by atoms with Gasteiger partial charge in [-0.05, 0) is 31.5 Å². The Hall–Kier alpha value is -3.48. The van der Waals surface area contributed by atoms with Crippen molar-refractivity contribution in [3.63, 3.8) is 0 Å². The maximum absolute atomic E-state index is 12.5. The topological polar surface area (TPSA) is 88.3 Å². The largest absolute Gasteiger partial charge is 0.350 e. The van der Waals surface area contributed by atoms with Crippen molar-refractivity contribution in [3.05, 3.63) is 65.5 Å². The van der Waals surface area contributed by atoms with Gasteiger partial charge in [0.25, 0.3) is 5.91 Å². The molecule has 0 aliphatic rings. The van der Waals surface area contributed by atoms with Crippen LogP contribution in [0.25, 0.3) is 11.3 Å². The number of likely N-dealkylation sites (N-methyl/N-ethyl adjacent to an activating group) is 1. The molecule has 2 amide bonds. The number of hydrogen-bond acceptors (Lipinski definition) is 5. The first-order valence-electron chi connectivity index (χ1n) is 8.44. The van der Waals surface area contributed by atoms with Crippen LogP contribution in [0.4, 0.5) is 5.82 Å². The molecule has 138 valence electrons. The first-order chi connectivity index (χ1) is 12.9. The molecule has 0 aliphatic carbocycles. The second kappa shape index (κ2) is 7.82. The number of pyridine rings is 1. The number of anilines is 1. The van der Waals surface area contributed by atoms with Gasteiger partial charge in [0, 0.05) is 24.9 Å². The molecule has 0 atom stereocenters. The highest BCUT2D eigenvalue weighted by Gasteiger charge is 2.20. The maximum Gasteiger partial charge on any atom is 0.292 e. The van der Waals surface area contributed by atoms with Crippen LogP contribution in [-0.2, 0) is 4.79 Å². The number of benzene rings is 1. The van der Waals surface area contributed by atoms with Crippen LogP contribution >= 0.6 is 0 Å². The summed E-state index contributed by atoms with van der Waals surface area (Å²) in [4.78, 5) is 30.0. The molecule has 7 heteroatoms. The summed E-state index contributed by atoms with van der Waals surface area (Å²) in [5, 5.41) is 6.61. The van der Waals surface area contributed by atoms with Crippen molar-refractivity contribution in [1.82, 2.24) is 15.0 Å². The Morgan fingerprint density at radius 2 is 1.81 bits per heavy atom. The molecule has 0 saturated heterocycles. The van der Waals surface area contributed by atoms with Crippen molar-refractivity contribution in [2.24, 2.45) is 0 Å². The van der Waals surface area contributed by atoms with Crippen LogP contribution < -0.4 is 5.32 Å². The Kier molecular flexibility index (Phi) is 5.30. The molecule has 0 bridgehead atoms. The zero-order chi connectivity index (χ0) is 19.4. The van der Waals surface area contributed by atoms with E-state index < -0.39 is 5.91 Å². The molecule has 3 rings (SSSR count). The molecule has 27 heavy (non-hydrogen) atoms. The second-order valence-electron chi connectivity index (χ2n) is 6.37. The van der Waals surface area contributed by atoms with Crippen LogP contribution in [0.2, 0.25) is 0 Å². The molecule has 0 radical (unpaired) electrons. The van der Waals surface area contributed by atoms with Gasteiger partial charge in [-0.2, -0.15) is 0 Å². The first kappa shape index (κ1) is 18.3. The summed E-state index contributed by atoms with van der Waals surface area (Å²) in [5.41, 5.74) is 3.54. The van der Waals surface area contributed by atoms with Gasteiger partial charge in [0.15, 0.2) is 0 Å². The minimum absolute atomic E-state index is 0.0783. The zero-order valence-electron chi connectivity index (χ0n) is 15.4. The summed E-state index contributed by atoms with van der Waals surface area (Å²) in [7, 11) is 1.53. The lowest BCUT2D eigenvalue weighted by Crippen LogP contribution is -2.34. The fraction of sp³-hybridized carbons (Fsp3) is 0.200. The monoisotopic (exact) mass is 364 g/mol. The Balaban J connectivity index is 1.63. The number of nitrogens with one attached hydrogen (secondary N) is 1. The lowest BCUT2D eigenvalue weighted by Gasteiger charge is -2.14. The maximum atomic E-state index is 12.5. The average Bonchev–Trinajstić information content (AvgIpc) is 3.11. The van der Waals surface area contributed by atoms with Gasteiger partial charge in [0.05, 0.1) is 0 Å². The van der Waals surface area contributed by atoms with E-state index in [1.807, 2.05) is 44.2 Å². The molecule has 2 aromatic heterocycles. The number of aromatic nitrogens is 2. The predicted molar refractivity (Wildman–Crippen MR) is 101 cm³/mol. The summed E-state index contributed by atoms with van der Waals surface area (Å²) in [6.45, 7) is 3.77. The van der Waals surface area contributed by atoms with E-state index in [4.69, 9.17) is 4.52 Å². The number of carbonyl (C=O) groups excluding carboxylic acids is 2. The van der Waals surface area contributed by atoms with Crippen molar-refractivity contribution < 1.29 is 14.1 Å². The van der Waals surface area contributed by atoms with Crippen molar-refractivity contribution >= 4 is 17.6 Å². The predicted octanol–water partition coefficient (Wildman–Crippen LogP) is 3.06. The number of carbonyl (C=O) groups is 2. The Morgan fingerprint density at radius 3 is 2.52 bits per heavy atom. The summed E-state index contributed by atoms with van der Waals surface area (Å²) >= 11 is 0. The van der Waals surface area contributed by atoms with Gasteiger partial charge in [-0.3, -0.25) is 9.59 Å². The normalized spacial score (nSPS) is 10.5. The van der Waals surface area contributed by atoms with Crippen LogP contribution in [0, 0.1) is 13.8 Å². The Bertz CT molecular complexity index is 963. The van der Waals surface area contributed by atoms with Crippen molar-refractivity contribution in [2.45, 2.75) is 13.8 Å². The van der Waals surface area contributed by atoms with Gasteiger partial charge in [-0.15, -0.1) is 0 Å². The van der Waals surface area contributed by atoms with Crippen molar-refractivity contribution in [3.8, 4) is 11.3 Å². The number of hydrogen-bond donors (Lipinski definition) is 1. The standard InChI is InChI=1S/C20H20N4O3/c1-13-4-6-15(7-5-13)16-11-17(27-23-16)20(26)24(3)12-19(25)22-18-10-14(2)8-9-21-18/h4-11H,12H2,1-3H3,(H,21,22,25). The lowest BCUT2D eigenvalue weighted by molar-refractivity contribution is -0.116. The molecule has 1 aromatic carbocycles. The van der Waals surface area contributed by atoms with E-state index >= 15 is 0 Å². The van der Waals surface area contributed by atoms with E-state index in [1.165, 1.54) is 11.9 Å². The average molecular weight is 364 g/mol. The summed E-state index contributed by atoms with van der Waals surface area (Å²) in [5.74, 6) is -0.243. The van der Waals surface area contributed by atoms with E-state index in [0.29, 0.717) is 11.5 Å². The van der Waals surface area contributed by atoms with Crippen LogP contribution in [0.1, 0.15) is 21.7 Å². The van der Waals surface area contributed by atoms with E-state index in [2.05, 4.69) is 15.5 Å². The van der Waals surface area contributed by atoms with E-state index in [1.54, 1.807) is 18.3 Å². The smallest absolute Gasteiger partial charge is 0.292 e. The third kappa shape index (κ3) is 4.58. The van der Waals surface area contributed by atoms with Crippen molar-refractivity contribution in [1.29, 1.82) is 0 Å². The summed E-state index contributed by atoms with van der Waals surface area (Å²) in [6.07, 6.45) is 1.61. The molecule has 1 N–H and O–H groups in total. The summed E-state index contributed by atoms with van der Waals surface area (Å²) < 4.78 is 5.16. The quantitative estimate of drug-likeness (QED) is 0.752. The minimum atomic E-state index is -0.423. The SMILES string of the molecule is Cc1ccc(-c2cc(C(=O)N(C)CC(=O)Nc3cc(C)ccn3)on2)cc1. The van der Waals surface area contributed by atoms with Gasteiger partial charge in [-0.25, -0.2) is 4.98 Å². The highest BCUT2D eigenvalue weighted by Crippen LogP contribution is 2.20. The fourth-order valence-electron chi connectivity index (χ4n) is 2.50. The van der Waals surface area contributed by atoms with Crippen LogP contribution in [0.15, 0.2) is 53.2 Å².